The summed E-state index contributed by atoms with van der Waals surface area (Å²) < 4.78 is 10.5. The smallest absolute Gasteiger partial charge is 0.228 e. The minimum absolute atomic E-state index is 0.0681. The molecule has 0 fully saturated rings. The lowest BCUT2D eigenvalue weighted by molar-refractivity contribution is -0.119. The number of benzene rings is 2. The van der Waals surface area contributed by atoms with Crippen molar-refractivity contribution in [3.63, 3.8) is 0 Å². The van der Waals surface area contributed by atoms with Gasteiger partial charge in [0, 0.05) is 17.3 Å². The van der Waals surface area contributed by atoms with E-state index < -0.39 is 0 Å². The number of ether oxygens (including phenoxy) is 2. The summed E-state index contributed by atoms with van der Waals surface area (Å²) in [4.78, 5) is 24.3. The Hall–Kier alpha value is -3.02. The van der Waals surface area contributed by atoms with Crippen molar-refractivity contribution in [2.24, 2.45) is 5.92 Å². The van der Waals surface area contributed by atoms with Crippen molar-refractivity contribution in [3.8, 4) is 11.5 Å². The third-order valence-electron chi connectivity index (χ3n) is 4.12. The normalized spacial score (nSPS) is 10.4. The zero-order valence-corrected chi connectivity index (χ0v) is 16.4. The summed E-state index contributed by atoms with van der Waals surface area (Å²) in [6.07, 6.45) is 0.197. The summed E-state index contributed by atoms with van der Waals surface area (Å²) in [6.45, 7) is 5.56. The summed E-state index contributed by atoms with van der Waals surface area (Å²) in [5, 5.41) is 5.74. The van der Waals surface area contributed by atoms with E-state index in [0.717, 1.165) is 11.1 Å². The van der Waals surface area contributed by atoms with E-state index in [1.165, 1.54) is 0 Å². The van der Waals surface area contributed by atoms with Gasteiger partial charge in [-0.15, -0.1) is 0 Å². The molecule has 0 spiro atoms. The molecule has 0 aromatic heterocycles. The standard InChI is InChI=1S/C21H26N2O4/c1-13(2)21(25)22-16-8-6-14(3)17(12-16)23-20(24)11-15-7-9-18(26-4)19(10-15)27-5/h6-10,12-13H,11H2,1-5H3,(H,22,25)(H,23,24). The Morgan fingerprint density at radius 2 is 1.67 bits per heavy atom. The number of hydrogen-bond acceptors (Lipinski definition) is 4. The molecule has 2 amide bonds. The van der Waals surface area contributed by atoms with Gasteiger partial charge in [0.25, 0.3) is 0 Å². The van der Waals surface area contributed by atoms with Gasteiger partial charge >= 0.3 is 0 Å². The zero-order valence-electron chi connectivity index (χ0n) is 16.4. The summed E-state index contributed by atoms with van der Waals surface area (Å²) >= 11 is 0. The number of carbonyl (C=O) groups excluding carboxylic acids is 2. The molecule has 27 heavy (non-hydrogen) atoms. The zero-order chi connectivity index (χ0) is 20.0. The van der Waals surface area contributed by atoms with E-state index in [9.17, 15) is 9.59 Å². The van der Waals surface area contributed by atoms with E-state index in [2.05, 4.69) is 10.6 Å². The lowest BCUT2D eigenvalue weighted by Gasteiger charge is -2.13. The topological polar surface area (TPSA) is 76.7 Å². The Kier molecular flexibility index (Phi) is 6.82. The van der Waals surface area contributed by atoms with Gasteiger partial charge in [0.1, 0.15) is 0 Å². The summed E-state index contributed by atoms with van der Waals surface area (Å²) in [6, 6.07) is 10.8. The number of amides is 2. The van der Waals surface area contributed by atoms with Crippen LogP contribution in [0.4, 0.5) is 11.4 Å². The number of anilines is 2. The lowest BCUT2D eigenvalue weighted by atomic mass is 10.1. The number of rotatable bonds is 7. The summed E-state index contributed by atoms with van der Waals surface area (Å²) in [5.74, 6) is 0.858. The second-order valence-corrected chi connectivity index (χ2v) is 6.59. The highest BCUT2D eigenvalue weighted by Crippen LogP contribution is 2.28. The molecule has 2 aromatic rings. The molecule has 0 aliphatic heterocycles. The first-order valence-corrected chi connectivity index (χ1v) is 8.76. The molecule has 0 atom stereocenters. The molecule has 0 bridgehead atoms. The van der Waals surface area contributed by atoms with Gasteiger partial charge in [0.2, 0.25) is 11.8 Å². The number of carbonyl (C=O) groups is 2. The molecule has 0 saturated carbocycles. The predicted octanol–water partition coefficient (Wildman–Crippen LogP) is 3.79. The van der Waals surface area contributed by atoms with E-state index >= 15 is 0 Å². The van der Waals surface area contributed by atoms with Gasteiger partial charge in [-0.1, -0.05) is 26.0 Å². The molecule has 0 saturated heterocycles. The van der Waals surface area contributed by atoms with Crippen LogP contribution < -0.4 is 20.1 Å². The molecule has 0 unspecified atom stereocenters. The maximum Gasteiger partial charge on any atom is 0.228 e. The molecule has 6 nitrogen and oxygen atoms in total. The molecule has 0 radical (unpaired) electrons. The van der Waals surface area contributed by atoms with Crippen LogP contribution in [0.15, 0.2) is 36.4 Å². The number of nitrogens with one attached hydrogen (secondary N) is 2. The fraction of sp³-hybridized carbons (Fsp3) is 0.333. The van der Waals surface area contributed by atoms with Gasteiger partial charge in [-0.2, -0.15) is 0 Å². The molecule has 144 valence electrons. The predicted molar refractivity (Wildman–Crippen MR) is 107 cm³/mol. The van der Waals surface area contributed by atoms with E-state index in [-0.39, 0.29) is 24.2 Å². The molecule has 0 aliphatic carbocycles. The van der Waals surface area contributed by atoms with Gasteiger partial charge in [-0.05, 0) is 42.3 Å². The first-order chi connectivity index (χ1) is 12.8. The van der Waals surface area contributed by atoms with Gasteiger partial charge < -0.3 is 20.1 Å². The third kappa shape index (κ3) is 5.48. The van der Waals surface area contributed by atoms with Crippen LogP contribution in [0.1, 0.15) is 25.0 Å². The Bertz CT molecular complexity index is 831. The van der Waals surface area contributed by atoms with Crippen molar-refractivity contribution >= 4 is 23.2 Å². The Balaban J connectivity index is 2.10. The van der Waals surface area contributed by atoms with Gasteiger partial charge in [-0.3, -0.25) is 9.59 Å². The Morgan fingerprint density at radius 3 is 2.30 bits per heavy atom. The average molecular weight is 370 g/mol. The van der Waals surface area contributed by atoms with Crippen LogP contribution in [0.2, 0.25) is 0 Å². The second-order valence-electron chi connectivity index (χ2n) is 6.59. The summed E-state index contributed by atoms with van der Waals surface area (Å²) in [5.41, 5.74) is 3.05. The van der Waals surface area contributed by atoms with Gasteiger partial charge in [-0.25, -0.2) is 0 Å². The highest BCUT2D eigenvalue weighted by Gasteiger charge is 2.12. The lowest BCUT2D eigenvalue weighted by Crippen LogP contribution is -2.18. The maximum absolute atomic E-state index is 12.5. The van der Waals surface area contributed by atoms with Crippen LogP contribution >= 0.6 is 0 Å². The van der Waals surface area contributed by atoms with Crippen LogP contribution in [-0.2, 0) is 16.0 Å². The monoisotopic (exact) mass is 370 g/mol. The van der Waals surface area contributed by atoms with Gasteiger partial charge in [0.15, 0.2) is 11.5 Å². The molecule has 2 rings (SSSR count). The minimum atomic E-state index is -0.155. The maximum atomic E-state index is 12.5. The molecule has 0 aliphatic rings. The third-order valence-corrected chi connectivity index (χ3v) is 4.12. The van der Waals surface area contributed by atoms with Crippen LogP contribution in [-0.4, -0.2) is 26.0 Å². The molecule has 6 heteroatoms. The van der Waals surface area contributed by atoms with Crippen molar-refractivity contribution < 1.29 is 19.1 Å². The highest BCUT2D eigenvalue weighted by molar-refractivity contribution is 5.96. The van der Waals surface area contributed by atoms with Crippen LogP contribution in [0.5, 0.6) is 11.5 Å². The Morgan fingerprint density at radius 1 is 0.963 bits per heavy atom. The second kappa shape index (κ2) is 9.07. The van der Waals surface area contributed by atoms with Crippen molar-refractivity contribution in [1.82, 2.24) is 0 Å². The van der Waals surface area contributed by atoms with Gasteiger partial charge in [0.05, 0.1) is 20.6 Å². The quantitative estimate of drug-likeness (QED) is 0.777. The number of aryl methyl sites for hydroxylation is 1. The fourth-order valence-corrected chi connectivity index (χ4v) is 2.49. The number of methoxy groups -OCH3 is 2. The fourth-order valence-electron chi connectivity index (χ4n) is 2.49. The van der Waals surface area contributed by atoms with E-state index in [0.29, 0.717) is 22.9 Å². The van der Waals surface area contributed by atoms with Crippen molar-refractivity contribution in [2.75, 3.05) is 24.9 Å². The van der Waals surface area contributed by atoms with Crippen LogP contribution in [0.3, 0.4) is 0 Å². The average Bonchev–Trinajstić information content (AvgIpc) is 2.64. The highest BCUT2D eigenvalue weighted by atomic mass is 16.5. The molecular weight excluding hydrogens is 344 g/mol. The van der Waals surface area contributed by atoms with E-state index in [1.54, 1.807) is 32.4 Å². The molecule has 0 heterocycles. The molecule has 2 N–H and O–H groups in total. The molecule has 2 aromatic carbocycles. The van der Waals surface area contributed by atoms with E-state index in [1.807, 2.05) is 39.0 Å². The first kappa shape index (κ1) is 20.3. The van der Waals surface area contributed by atoms with Crippen LogP contribution in [0, 0.1) is 12.8 Å². The Labute approximate surface area is 159 Å². The largest absolute Gasteiger partial charge is 0.493 e. The first-order valence-electron chi connectivity index (χ1n) is 8.76. The minimum Gasteiger partial charge on any atom is -0.493 e. The summed E-state index contributed by atoms with van der Waals surface area (Å²) in [7, 11) is 3.13. The van der Waals surface area contributed by atoms with Crippen molar-refractivity contribution in [3.05, 3.63) is 47.5 Å². The van der Waals surface area contributed by atoms with Crippen LogP contribution in [0.25, 0.3) is 0 Å². The van der Waals surface area contributed by atoms with Crippen molar-refractivity contribution in [2.45, 2.75) is 27.2 Å². The SMILES string of the molecule is COc1ccc(CC(=O)Nc2cc(NC(=O)C(C)C)ccc2C)cc1OC. The molecular formula is C21H26N2O4. The number of hydrogen-bond donors (Lipinski definition) is 2. The van der Waals surface area contributed by atoms with E-state index in [4.69, 9.17) is 9.47 Å². The van der Waals surface area contributed by atoms with Crippen molar-refractivity contribution in [1.29, 1.82) is 0 Å².